The van der Waals surface area contributed by atoms with Gasteiger partial charge in [0.15, 0.2) is 0 Å². The number of nitrogens with one attached hydrogen (secondary N) is 1. The molecule has 2 aromatic rings. The van der Waals surface area contributed by atoms with E-state index < -0.39 is 0 Å². The molecule has 0 aliphatic rings. The van der Waals surface area contributed by atoms with Gasteiger partial charge in [-0.1, -0.05) is 18.2 Å². The van der Waals surface area contributed by atoms with E-state index in [9.17, 15) is 4.79 Å². The number of carbonyl (C=O) groups excluding carboxylic acids is 1. The molecule has 0 unspecified atom stereocenters. The maximum absolute atomic E-state index is 11.9. The molecule has 0 aliphatic carbocycles. The number of ether oxygens (including phenoxy) is 2. The van der Waals surface area contributed by atoms with E-state index in [1.54, 1.807) is 31.6 Å². The van der Waals surface area contributed by atoms with Crippen LogP contribution >= 0.6 is 11.3 Å². The lowest BCUT2D eigenvalue weighted by Gasteiger charge is -2.18. The van der Waals surface area contributed by atoms with E-state index in [-0.39, 0.29) is 12.0 Å². The number of benzene rings is 1. The van der Waals surface area contributed by atoms with Gasteiger partial charge >= 0.3 is 0 Å². The van der Waals surface area contributed by atoms with Crippen molar-refractivity contribution in [3.63, 3.8) is 0 Å². The fourth-order valence-corrected chi connectivity index (χ4v) is 2.68. The van der Waals surface area contributed by atoms with Gasteiger partial charge < -0.3 is 14.8 Å². The van der Waals surface area contributed by atoms with Gasteiger partial charge in [-0.15, -0.1) is 0 Å². The lowest BCUT2D eigenvalue weighted by Crippen LogP contribution is -2.27. The number of para-hydroxylation sites is 1. The largest absolute Gasteiger partial charge is 0.496 e. The first kappa shape index (κ1) is 16.3. The molecule has 1 aromatic carbocycles. The quantitative estimate of drug-likeness (QED) is 0.797. The predicted octanol–water partition coefficient (Wildman–Crippen LogP) is 3.27. The summed E-state index contributed by atoms with van der Waals surface area (Å²) in [5.74, 6) is 0.598. The highest BCUT2D eigenvalue weighted by atomic mass is 32.1. The first-order valence-electron chi connectivity index (χ1n) is 6.88. The first-order chi connectivity index (χ1) is 10.7. The minimum Gasteiger partial charge on any atom is -0.496 e. The van der Waals surface area contributed by atoms with Gasteiger partial charge in [-0.3, -0.25) is 4.79 Å². The van der Waals surface area contributed by atoms with Crippen molar-refractivity contribution >= 4 is 23.3 Å². The molecule has 1 amide bonds. The summed E-state index contributed by atoms with van der Waals surface area (Å²) in [5, 5.41) is 6.80. The van der Waals surface area contributed by atoms with E-state index in [2.05, 4.69) is 5.32 Å². The highest BCUT2D eigenvalue weighted by molar-refractivity contribution is 7.08. The van der Waals surface area contributed by atoms with Gasteiger partial charge in [0.05, 0.1) is 7.11 Å². The second kappa shape index (κ2) is 8.36. The molecule has 0 radical (unpaired) electrons. The van der Waals surface area contributed by atoms with Crippen molar-refractivity contribution < 1.29 is 14.3 Å². The molecule has 1 atom stereocenters. The Balaban J connectivity index is 1.94. The molecular formula is C17H19NO3S. The van der Waals surface area contributed by atoms with Crippen LogP contribution in [0.25, 0.3) is 6.08 Å². The third-order valence-corrected chi connectivity index (χ3v) is 3.90. The number of carbonyl (C=O) groups is 1. The van der Waals surface area contributed by atoms with Crippen LogP contribution in [0.2, 0.25) is 0 Å². The Kier molecular flexibility index (Phi) is 6.18. The van der Waals surface area contributed by atoms with Crippen LogP contribution in [0.5, 0.6) is 5.75 Å². The maximum atomic E-state index is 11.9. The zero-order valence-electron chi connectivity index (χ0n) is 12.6. The van der Waals surface area contributed by atoms with E-state index in [0.717, 1.165) is 16.9 Å². The Hall–Kier alpha value is -2.11. The molecule has 1 N–H and O–H groups in total. The van der Waals surface area contributed by atoms with Gasteiger partial charge in [0.1, 0.15) is 11.9 Å². The van der Waals surface area contributed by atoms with Crippen molar-refractivity contribution in [2.24, 2.45) is 0 Å². The number of hydrogen-bond acceptors (Lipinski definition) is 4. The molecular weight excluding hydrogens is 298 g/mol. The van der Waals surface area contributed by atoms with Crippen molar-refractivity contribution in [3.05, 3.63) is 58.3 Å². The normalized spacial score (nSPS) is 12.3. The second-order valence-corrected chi connectivity index (χ2v) is 5.38. The van der Waals surface area contributed by atoms with Crippen molar-refractivity contribution in [1.29, 1.82) is 0 Å². The second-order valence-electron chi connectivity index (χ2n) is 4.60. The number of rotatable bonds is 7. The fraction of sp³-hybridized carbons (Fsp3) is 0.235. The molecule has 0 aliphatic heterocycles. The summed E-state index contributed by atoms with van der Waals surface area (Å²) < 4.78 is 10.8. The molecule has 5 heteroatoms. The Morgan fingerprint density at radius 3 is 2.82 bits per heavy atom. The number of methoxy groups -OCH3 is 2. The molecule has 0 saturated heterocycles. The molecule has 1 heterocycles. The van der Waals surface area contributed by atoms with Crippen LogP contribution in [0.3, 0.4) is 0 Å². The van der Waals surface area contributed by atoms with Crippen molar-refractivity contribution in [3.8, 4) is 5.75 Å². The summed E-state index contributed by atoms with van der Waals surface area (Å²) in [4.78, 5) is 11.9. The minimum atomic E-state index is -0.255. The first-order valence-corrected chi connectivity index (χ1v) is 7.82. The monoisotopic (exact) mass is 317 g/mol. The Bertz CT molecular complexity index is 623. The van der Waals surface area contributed by atoms with Crippen molar-refractivity contribution in [2.45, 2.75) is 6.10 Å². The smallest absolute Gasteiger partial charge is 0.244 e. The Morgan fingerprint density at radius 2 is 2.14 bits per heavy atom. The number of hydrogen-bond donors (Lipinski definition) is 1. The summed E-state index contributed by atoms with van der Waals surface area (Å²) in [6, 6.07) is 9.58. The van der Waals surface area contributed by atoms with Crippen LogP contribution in [-0.4, -0.2) is 26.7 Å². The predicted molar refractivity (Wildman–Crippen MR) is 89.1 cm³/mol. The van der Waals surface area contributed by atoms with E-state index in [4.69, 9.17) is 9.47 Å². The van der Waals surface area contributed by atoms with Crippen LogP contribution in [0, 0.1) is 0 Å². The summed E-state index contributed by atoms with van der Waals surface area (Å²) in [6.45, 7) is 0.379. The van der Waals surface area contributed by atoms with Gasteiger partial charge in [0.2, 0.25) is 5.91 Å². The lowest BCUT2D eigenvalue weighted by atomic mass is 10.1. The molecule has 116 valence electrons. The molecule has 1 aromatic heterocycles. The zero-order chi connectivity index (χ0) is 15.8. The average Bonchev–Trinajstić information content (AvgIpc) is 3.07. The van der Waals surface area contributed by atoms with Gasteiger partial charge in [-0.2, -0.15) is 11.3 Å². The van der Waals surface area contributed by atoms with Crippen LogP contribution < -0.4 is 10.1 Å². The standard InChI is InChI=1S/C17H19NO3S/c1-20-15-6-4-3-5-14(15)16(21-2)11-18-17(19)8-7-13-9-10-22-12-13/h3-10,12,16H,11H2,1-2H3,(H,18,19)/b8-7+/t16-/m1/s1. The summed E-state index contributed by atoms with van der Waals surface area (Å²) in [7, 11) is 3.23. The Morgan fingerprint density at radius 1 is 1.32 bits per heavy atom. The number of thiophene rings is 1. The van der Waals surface area contributed by atoms with E-state index in [1.165, 1.54) is 6.08 Å². The molecule has 0 bridgehead atoms. The van der Waals surface area contributed by atoms with Crippen molar-refractivity contribution in [2.75, 3.05) is 20.8 Å². The molecule has 4 nitrogen and oxygen atoms in total. The van der Waals surface area contributed by atoms with Gasteiger partial charge in [0, 0.05) is 25.3 Å². The van der Waals surface area contributed by atoms with Crippen molar-refractivity contribution in [1.82, 2.24) is 5.32 Å². The van der Waals surface area contributed by atoms with Gasteiger partial charge in [-0.25, -0.2) is 0 Å². The fourth-order valence-electron chi connectivity index (χ4n) is 2.05. The summed E-state index contributed by atoms with van der Waals surface area (Å²) >= 11 is 1.60. The minimum absolute atomic E-state index is 0.150. The lowest BCUT2D eigenvalue weighted by molar-refractivity contribution is -0.117. The third kappa shape index (κ3) is 4.44. The van der Waals surface area contributed by atoms with Gasteiger partial charge in [-0.05, 0) is 34.5 Å². The molecule has 0 saturated carbocycles. The molecule has 2 rings (SSSR count). The average molecular weight is 317 g/mol. The highest BCUT2D eigenvalue weighted by Gasteiger charge is 2.15. The van der Waals surface area contributed by atoms with E-state index in [0.29, 0.717) is 6.54 Å². The van der Waals surface area contributed by atoms with Crippen LogP contribution in [0.4, 0.5) is 0 Å². The van der Waals surface area contributed by atoms with Crippen LogP contribution in [-0.2, 0) is 9.53 Å². The van der Waals surface area contributed by atoms with E-state index >= 15 is 0 Å². The highest BCUT2D eigenvalue weighted by Crippen LogP contribution is 2.26. The van der Waals surface area contributed by atoms with Gasteiger partial charge in [0.25, 0.3) is 0 Å². The SMILES string of the molecule is COc1ccccc1[C@@H](CNC(=O)/C=C/c1ccsc1)OC. The summed E-state index contributed by atoms with van der Waals surface area (Å²) in [5.41, 5.74) is 1.93. The molecule has 0 spiro atoms. The Labute approximate surface area is 134 Å². The molecule has 0 fully saturated rings. The maximum Gasteiger partial charge on any atom is 0.244 e. The van der Waals surface area contributed by atoms with Crippen LogP contribution in [0.1, 0.15) is 17.2 Å². The van der Waals surface area contributed by atoms with E-state index in [1.807, 2.05) is 41.1 Å². The number of amides is 1. The topological polar surface area (TPSA) is 47.6 Å². The molecule has 22 heavy (non-hydrogen) atoms. The third-order valence-electron chi connectivity index (χ3n) is 3.20. The zero-order valence-corrected chi connectivity index (χ0v) is 13.4. The van der Waals surface area contributed by atoms with Crippen LogP contribution in [0.15, 0.2) is 47.2 Å². The summed E-state index contributed by atoms with van der Waals surface area (Å²) in [6.07, 6.45) is 3.06.